The maximum atomic E-state index is 12.2. The Morgan fingerprint density at radius 2 is 2.29 bits per heavy atom. The number of halogens is 1. The molecule has 3 atom stereocenters. The molecule has 1 nitrogen and oxygen atoms in total. The molecule has 1 heterocycles. The minimum absolute atomic E-state index is 0.362. The van der Waals surface area contributed by atoms with Crippen LogP contribution in [0, 0.1) is 24.7 Å². The molecular formula is C14H17BrOS. The van der Waals surface area contributed by atoms with Crippen molar-refractivity contribution in [1.82, 2.24) is 0 Å². The van der Waals surface area contributed by atoms with E-state index < -0.39 is 0 Å². The van der Waals surface area contributed by atoms with E-state index in [0.29, 0.717) is 11.7 Å². The smallest absolute Gasteiger partial charge is 0.173 e. The molecule has 0 radical (unpaired) electrons. The third-order valence-electron chi connectivity index (χ3n) is 4.46. The van der Waals surface area contributed by atoms with E-state index in [4.69, 9.17) is 0 Å². The van der Waals surface area contributed by atoms with Crippen molar-refractivity contribution >= 4 is 33.0 Å². The molecule has 17 heavy (non-hydrogen) atoms. The van der Waals surface area contributed by atoms with Gasteiger partial charge < -0.3 is 0 Å². The van der Waals surface area contributed by atoms with Gasteiger partial charge in [0.2, 0.25) is 0 Å². The van der Waals surface area contributed by atoms with Crippen LogP contribution >= 0.6 is 27.3 Å². The van der Waals surface area contributed by atoms with Crippen molar-refractivity contribution in [1.29, 1.82) is 0 Å². The summed E-state index contributed by atoms with van der Waals surface area (Å²) in [6, 6.07) is 2.03. The first kappa shape index (κ1) is 11.9. The van der Waals surface area contributed by atoms with E-state index >= 15 is 0 Å². The highest BCUT2D eigenvalue weighted by Crippen LogP contribution is 2.50. The van der Waals surface area contributed by atoms with Gasteiger partial charge in [0.05, 0.1) is 8.66 Å². The molecule has 2 aliphatic rings. The molecule has 0 N–H and O–H groups in total. The molecule has 3 rings (SSSR count). The van der Waals surface area contributed by atoms with Gasteiger partial charge in [-0.3, -0.25) is 4.79 Å². The standard InChI is InChI=1S/C14H17BrOS/c1-8-4-13(17-14(8)15)12(16)7-11-6-9-2-3-10(11)5-9/h4,9-11H,2-3,5-7H2,1H3. The van der Waals surface area contributed by atoms with Crippen LogP contribution in [0.3, 0.4) is 0 Å². The topological polar surface area (TPSA) is 17.1 Å². The molecule has 2 bridgehead atoms. The van der Waals surface area contributed by atoms with Gasteiger partial charge in [-0.2, -0.15) is 0 Å². The fraction of sp³-hybridized carbons (Fsp3) is 0.643. The highest BCUT2D eigenvalue weighted by Gasteiger charge is 2.40. The molecule has 0 amide bonds. The summed E-state index contributed by atoms with van der Waals surface area (Å²) in [5.74, 6) is 2.84. The zero-order chi connectivity index (χ0) is 12.0. The molecule has 1 aromatic heterocycles. The second-order valence-corrected chi connectivity index (χ2v) is 8.00. The number of thiophene rings is 1. The van der Waals surface area contributed by atoms with Crippen molar-refractivity contribution in [3.05, 3.63) is 20.3 Å². The van der Waals surface area contributed by atoms with Crippen molar-refractivity contribution in [2.45, 2.75) is 39.0 Å². The summed E-state index contributed by atoms with van der Waals surface area (Å²) < 4.78 is 1.11. The summed E-state index contributed by atoms with van der Waals surface area (Å²) in [7, 11) is 0. The summed E-state index contributed by atoms with van der Waals surface area (Å²) in [4.78, 5) is 13.2. The number of hydrogen-bond donors (Lipinski definition) is 0. The number of carbonyl (C=O) groups is 1. The minimum atomic E-state index is 0.362. The summed E-state index contributed by atoms with van der Waals surface area (Å²) in [5.41, 5.74) is 1.19. The highest BCUT2D eigenvalue weighted by molar-refractivity contribution is 9.11. The van der Waals surface area contributed by atoms with Gasteiger partial charge in [0.25, 0.3) is 0 Å². The second-order valence-electron chi connectivity index (χ2n) is 5.63. The van der Waals surface area contributed by atoms with Gasteiger partial charge in [0.1, 0.15) is 0 Å². The highest BCUT2D eigenvalue weighted by atomic mass is 79.9. The van der Waals surface area contributed by atoms with Crippen LogP contribution in [0.1, 0.15) is 47.3 Å². The SMILES string of the molecule is Cc1cc(C(=O)CC2CC3CCC2C3)sc1Br. The van der Waals surface area contributed by atoms with E-state index in [0.717, 1.165) is 26.9 Å². The third kappa shape index (κ3) is 2.24. The molecule has 0 aliphatic heterocycles. The van der Waals surface area contributed by atoms with Crippen molar-refractivity contribution in [3.63, 3.8) is 0 Å². The van der Waals surface area contributed by atoms with E-state index in [-0.39, 0.29) is 0 Å². The van der Waals surface area contributed by atoms with Crippen LogP contribution in [0.25, 0.3) is 0 Å². The maximum absolute atomic E-state index is 12.2. The monoisotopic (exact) mass is 312 g/mol. The molecule has 92 valence electrons. The molecule has 0 spiro atoms. The number of aryl methyl sites for hydroxylation is 1. The Bertz CT molecular complexity index is 432. The quantitative estimate of drug-likeness (QED) is 0.731. The van der Waals surface area contributed by atoms with Crippen LogP contribution < -0.4 is 0 Å². The predicted molar refractivity (Wildman–Crippen MR) is 74.6 cm³/mol. The zero-order valence-corrected chi connectivity index (χ0v) is 12.4. The van der Waals surface area contributed by atoms with Gasteiger partial charge in [-0.1, -0.05) is 6.42 Å². The maximum Gasteiger partial charge on any atom is 0.173 e. The zero-order valence-electron chi connectivity index (χ0n) is 10.0. The van der Waals surface area contributed by atoms with Crippen LogP contribution in [-0.2, 0) is 0 Å². The molecule has 0 aromatic carbocycles. The second kappa shape index (κ2) is 4.51. The molecule has 0 saturated heterocycles. The summed E-state index contributed by atoms with van der Waals surface area (Å²) in [6.45, 7) is 2.05. The average molecular weight is 313 g/mol. The van der Waals surface area contributed by atoms with E-state index in [1.807, 2.05) is 6.07 Å². The van der Waals surface area contributed by atoms with E-state index in [1.54, 1.807) is 11.3 Å². The van der Waals surface area contributed by atoms with Gasteiger partial charge in [0, 0.05) is 6.42 Å². The predicted octanol–water partition coefficient (Wildman–Crippen LogP) is 4.83. The Morgan fingerprint density at radius 3 is 2.82 bits per heavy atom. The van der Waals surface area contributed by atoms with E-state index in [9.17, 15) is 4.79 Å². The largest absolute Gasteiger partial charge is 0.293 e. The number of fused-ring (bicyclic) bond motifs is 2. The summed E-state index contributed by atoms with van der Waals surface area (Å²) >= 11 is 5.09. The van der Waals surface area contributed by atoms with Gasteiger partial charge in [-0.05, 0) is 71.5 Å². The van der Waals surface area contributed by atoms with Gasteiger partial charge in [0.15, 0.2) is 5.78 Å². The van der Waals surface area contributed by atoms with Crippen molar-refractivity contribution in [3.8, 4) is 0 Å². The fourth-order valence-electron chi connectivity index (χ4n) is 3.56. The lowest BCUT2D eigenvalue weighted by molar-refractivity contribution is 0.0948. The van der Waals surface area contributed by atoms with Crippen molar-refractivity contribution in [2.24, 2.45) is 17.8 Å². The van der Waals surface area contributed by atoms with Gasteiger partial charge >= 0.3 is 0 Å². The number of Topliss-reactive ketones (excluding diaryl/α,β-unsaturated/α-hetero) is 1. The van der Waals surface area contributed by atoms with Crippen LogP contribution in [0.5, 0.6) is 0 Å². The Balaban J connectivity index is 1.67. The number of carbonyl (C=O) groups excluding carboxylic acids is 1. The first-order chi connectivity index (χ1) is 8.13. The lowest BCUT2D eigenvalue weighted by Crippen LogP contribution is -2.14. The first-order valence-electron chi connectivity index (χ1n) is 6.42. The molecule has 3 heteroatoms. The molecule has 3 unspecified atom stereocenters. The molecular weight excluding hydrogens is 296 g/mol. The van der Waals surface area contributed by atoms with Crippen molar-refractivity contribution < 1.29 is 4.79 Å². The van der Waals surface area contributed by atoms with E-state index in [1.165, 1.54) is 31.2 Å². The summed E-state index contributed by atoms with van der Waals surface area (Å²) in [5, 5.41) is 0. The van der Waals surface area contributed by atoms with Gasteiger partial charge in [-0.25, -0.2) is 0 Å². The normalized spacial score (nSPS) is 31.1. The van der Waals surface area contributed by atoms with Crippen LogP contribution in [0.4, 0.5) is 0 Å². The number of hydrogen-bond acceptors (Lipinski definition) is 2. The Labute approximate surface area is 115 Å². The number of ketones is 1. The Kier molecular flexibility index (Phi) is 3.16. The van der Waals surface area contributed by atoms with Crippen LogP contribution in [-0.4, -0.2) is 5.78 Å². The Morgan fingerprint density at radius 1 is 1.47 bits per heavy atom. The Hall–Kier alpha value is -0.150. The first-order valence-corrected chi connectivity index (χ1v) is 8.03. The average Bonchev–Trinajstić information content (AvgIpc) is 2.95. The minimum Gasteiger partial charge on any atom is -0.293 e. The lowest BCUT2D eigenvalue weighted by Gasteiger charge is -2.20. The molecule has 2 saturated carbocycles. The van der Waals surface area contributed by atoms with Crippen LogP contribution in [0.15, 0.2) is 9.85 Å². The molecule has 2 fully saturated rings. The lowest BCUT2D eigenvalue weighted by atomic mass is 9.85. The van der Waals surface area contributed by atoms with Crippen LogP contribution in [0.2, 0.25) is 0 Å². The van der Waals surface area contributed by atoms with Crippen molar-refractivity contribution in [2.75, 3.05) is 0 Å². The molecule has 2 aliphatic carbocycles. The van der Waals surface area contributed by atoms with Gasteiger partial charge in [-0.15, -0.1) is 11.3 Å². The fourth-order valence-corrected chi connectivity index (χ4v) is 5.05. The molecule has 1 aromatic rings. The summed E-state index contributed by atoms with van der Waals surface area (Å²) in [6.07, 6.45) is 6.27. The number of rotatable bonds is 3. The van der Waals surface area contributed by atoms with E-state index in [2.05, 4.69) is 22.9 Å². The third-order valence-corrected chi connectivity index (χ3v) is 6.64.